The lowest BCUT2D eigenvalue weighted by molar-refractivity contribution is -0.0456. The van der Waals surface area contributed by atoms with E-state index in [9.17, 15) is 18.7 Å². The predicted octanol–water partition coefficient (Wildman–Crippen LogP) is 6.78. The van der Waals surface area contributed by atoms with Crippen molar-refractivity contribution in [3.8, 4) is 16.9 Å². The summed E-state index contributed by atoms with van der Waals surface area (Å²) in [7, 11) is 0. The smallest absolute Gasteiger partial charge is 0.337 e. The highest BCUT2D eigenvalue weighted by Crippen LogP contribution is 2.39. The molecular weight excluding hydrogens is 466 g/mol. The van der Waals surface area contributed by atoms with Gasteiger partial charge in [0.1, 0.15) is 17.2 Å². The zero-order valence-electron chi connectivity index (χ0n) is 20.9. The van der Waals surface area contributed by atoms with Crippen LogP contribution in [0.2, 0.25) is 0 Å². The number of rotatable bonds is 5. The minimum absolute atomic E-state index is 0.0862. The summed E-state index contributed by atoms with van der Waals surface area (Å²) in [6.07, 6.45) is 6.43. The van der Waals surface area contributed by atoms with Gasteiger partial charge in [0.25, 0.3) is 0 Å². The van der Waals surface area contributed by atoms with Gasteiger partial charge >= 0.3 is 5.97 Å². The van der Waals surface area contributed by atoms with E-state index >= 15 is 0 Å². The predicted molar refractivity (Wildman–Crippen MR) is 133 cm³/mol. The fraction of sp³-hybridized carbons (Fsp3) is 0.407. The van der Waals surface area contributed by atoms with Crippen molar-refractivity contribution in [1.29, 1.82) is 0 Å². The SMILES string of the molecule is CC.Cc1noc(C)c1-c1cnc2c(c1)c(CC1CCC(F)(F)CC1)cn2-c1ccc(C(=O)O)cn1. The van der Waals surface area contributed by atoms with E-state index in [1.165, 1.54) is 12.3 Å². The minimum Gasteiger partial charge on any atom is -0.478 e. The van der Waals surface area contributed by atoms with E-state index in [1.54, 1.807) is 12.3 Å². The third-order valence-electron chi connectivity index (χ3n) is 6.63. The molecule has 0 amide bonds. The van der Waals surface area contributed by atoms with Gasteiger partial charge in [0.05, 0.1) is 11.3 Å². The first-order chi connectivity index (χ1) is 17.2. The number of hydrogen-bond donors (Lipinski definition) is 1. The van der Waals surface area contributed by atoms with Crippen LogP contribution in [0.5, 0.6) is 0 Å². The lowest BCUT2D eigenvalue weighted by Gasteiger charge is -2.28. The van der Waals surface area contributed by atoms with Crippen molar-refractivity contribution in [2.24, 2.45) is 5.92 Å². The Bertz CT molecular complexity index is 1350. The molecule has 0 atom stereocenters. The van der Waals surface area contributed by atoms with Gasteiger partial charge < -0.3 is 9.63 Å². The molecule has 1 aliphatic carbocycles. The lowest BCUT2D eigenvalue weighted by atomic mass is 9.83. The molecule has 4 aromatic heterocycles. The van der Waals surface area contributed by atoms with Crippen LogP contribution < -0.4 is 0 Å². The highest BCUT2D eigenvalue weighted by Gasteiger charge is 2.35. The van der Waals surface area contributed by atoms with Gasteiger partial charge in [-0.15, -0.1) is 0 Å². The second-order valence-corrected chi connectivity index (χ2v) is 9.03. The minimum atomic E-state index is -2.57. The molecule has 1 fully saturated rings. The summed E-state index contributed by atoms with van der Waals surface area (Å²) in [5, 5.41) is 14.1. The maximum atomic E-state index is 13.7. The molecule has 4 heterocycles. The summed E-state index contributed by atoms with van der Waals surface area (Å²) in [5.74, 6) is -2.23. The molecule has 9 heteroatoms. The van der Waals surface area contributed by atoms with Gasteiger partial charge in [-0.1, -0.05) is 19.0 Å². The number of fused-ring (bicyclic) bond motifs is 1. The van der Waals surface area contributed by atoms with E-state index in [0.717, 1.165) is 27.8 Å². The van der Waals surface area contributed by atoms with E-state index < -0.39 is 11.9 Å². The molecule has 5 rings (SSSR count). The Kier molecular flexibility index (Phi) is 7.19. The van der Waals surface area contributed by atoms with Crippen LogP contribution in [0.15, 0.2) is 41.3 Å². The molecule has 0 aliphatic heterocycles. The van der Waals surface area contributed by atoms with E-state index in [4.69, 9.17) is 9.51 Å². The average Bonchev–Trinajstić information content (AvgIpc) is 3.40. The van der Waals surface area contributed by atoms with Crippen LogP contribution in [0.25, 0.3) is 28.0 Å². The monoisotopic (exact) mass is 496 g/mol. The zero-order valence-corrected chi connectivity index (χ0v) is 20.9. The van der Waals surface area contributed by atoms with Gasteiger partial charge in [-0.05, 0) is 62.8 Å². The Hall–Kier alpha value is -3.62. The summed E-state index contributed by atoms with van der Waals surface area (Å²) in [6, 6.07) is 5.17. The Morgan fingerprint density at radius 1 is 1.17 bits per heavy atom. The molecular formula is C27H30F2N4O3. The van der Waals surface area contributed by atoms with Gasteiger partial charge in [-0.3, -0.25) is 4.57 Å². The number of hydrogen-bond acceptors (Lipinski definition) is 5. The van der Waals surface area contributed by atoms with Gasteiger partial charge in [-0.25, -0.2) is 23.5 Å². The Morgan fingerprint density at radius 3 is 2.47 bits per heavy atom. The van der Waals surface area contributed by atoms with Crippen molar-refractivity contribution in [3.63, 3.8) is 0 Å². The standard InChI is InChI=1S/C25H24F2N4O3.C2H6/c1-14-22(15(2)34-30-14)18-10-20-19(9-16-5-7-25(26,27)8-6-16)13-31(23(20)29-12-18)21-4-3-17(11-28-21)24(32)33;1-2/h3-4,10-13,16H,5-9H2,1-2H3,(H,32,33);1-2H3. The van der Waals surface area contributed by atoms with Crippen LogP contribution in [0.3, 0.4) is 0 Å². The van der Waals surface area contributed by atoms with Crippen molar-refractivity contribution in [2.75, 3.05) is 0 Å². The highest BCUT2D eigenvalue weighted by molar-refractivity contribution is 5.88. The highest BCUT2D eigenvalue weighted by atomic mass is 19.3. The first kappa shape index (κ1) is 25.5. The molecule has 0 bridgehead atoms. The van der Waals surface area contributed by atoms with Crippen LogP contribution >= 0.6 is 0 Å². The van der Waals surface area contributed by atoms with E-state index in [0.29, 0.717) is 36.5 Å². The molecule has 36 heavy (non-hydrogen) atoms. The maximum Gasteiger partial charge on any atom is 0.337 e. The van der Waals surface area contributed by atoms with Crippen LogP contribution in [0, 0.1) is 19.8 Å². The molecule has 190 valence electrons. The second kappa shape index (κ2) is 10.2. The molecule has 0 saturated heterocycles. The first-order valence-corrected chi connectivity index (χ1v) is 12.2. The van der Waals surface area contributed by atoms with Crippen LogP contribution in [-0.2, 0) is 6.42 Å². The topological polar surface area (TPSA) is 94.0 Å². The summed E-state index contributed by atoms with van der Waals surface area (Å²) in [5.41, 5.74) is 4.27. The molecule has 1 N–H and O–H groups in total. The van der Waals surface area contributed by atoms with Crippen molar-refractivity contribution in [3.05, 3.63) is 59.4 Å². The maximum absolute atomic E-state index is 13.7. The molecule has 1 aliphatic rings. The first-order valence-electron chi connectivity index (χ1n) is 12.2. The summed E-state index contributed by atoms with van der Waals surface area (Å²) in [6.45, 7) is 7.72. The Labute approximate surface area is 208 Å². The normalized spacial score (nSPS) is 15.5. The van der Waals surface area contributed by atoms with Crippen molar-refractivity contribution < 1.29 is 23.2 Å². The zero-order chi connectivity index (χ0) is 26.0. The number of aromatic nitrogens is 4. The van der Waals surface area contributed by atoms with Gasteiger partial charge in [0.2, 0.25) is 5.92 Å². The molecule has 1 saturated carbocycles. The van der Waals surface area contributed by atoms with Crippen LogP contribution in [-0.4, -0.2) is 36.7 Å². The van der Waals surface area contributed by atoms with Gasteiger partial charge in [0.15, 0.2) is 0 Å². The number of pyridine rings is 2. The number of carbonyl (C=O) groups is 1. The van der Waals surface area contributed by atoms with Crippen molar-refractivity contribution in [2.45, 2.75) is 65.7 Å². The number of carboxylic acid groups (broad SMARTS) is 1. The largest absolute Gasteiger partial charge is 0.478 e. The lowest BCUT2D eigenvalue weighted by Crippen LogP contribution is -2.25. The van der Waals surface area contributed by atoms with E-state index in [2.05, 4.69) is 10.1 Å². The summed E-state index contributed by atoms with van der Waals surface area (Å²) < 4.78 is 34.5. The third kappa shape index (κ3) is 5.01. The van der Waals surface area contributed by atoms with E-state index in [-0.39, 0.29) is 24.3 Å². The quantitative estimate of drug-likeness (QED) is 0.327. The second-order valence-electron chi connectivity index (χ2n) is 9.03. The van der Waals surface area contributed by atoms with Gasteiger partial charge in [-0.2, -0.15) is 0 Å². The fourth-order valence-corrected chi connectivity index (χ4v) is 4.81. The molecule has 4 aromatic rings. The molecule has 7 nitrogen and oxygen atoms in total. The Balaban J connectivity index is 0.00000148. The fourth-order valence-electron chi connectivity index (χ4n) is 4.81. The van der Waals surface area contributed by atoms with Crippen molar-refractivity contribution in [1.82, 2.24) is 19.7 Å². The summed E-state index contributed by atoms with van der Waals surface area (Å²) >= 11 is 0. The van der Waals surface area contributed by atoms with Crippen LogP contribution in [0.1, 0.15) is 66.9 Å². The molecule has 0 unspecified atom stereocenters. The number of alkyl halides is 2. The van der Waals surface area contributed by atoms with E-state index in [1.807, 2.05) is 44.5 Å². The number of aromatic carboxylic acids is 1. The Morgan fingerprint density at radius 2 is 1.89 bits per heavy atom. The molecule has 0 radical (unpaired) electrons. The molecule has 0 spiro atoms. The number of halogens is 2. The number of aryl methyl sites for hydroxylation is 2. The average molecular weight is 497 g/mol. The third-order valence-corrected chi connectivity index (χ3v) is 6.63. The van der Waals surface area contributed by atoms with Crippen LogP contribution in [0.4, 0.5) is 8.78 Å². The number of carboxylic acids is 1. The number of nitrogens with zero attached hydrogens (tertiary/aromatic N) is 4. The van der Waals surface area contributed by atoms with Gasteiger partial charge in [0, 0.05) is 47.9 Å². The molecule has 0 aromatic carbocycles. The van der Waals surface area contributed by atoms with Crippen molar-refractivity contribution >= 4 is 17.0 Å². The summed E-state index contributed by atoms with van der Waals surface area (Å²) in [4.78, 5) is 20.2.